The van der Waals surface area contributed by atoms with E-state index in [1.165, 1.54) is 14.0 Å². The molecule has 1 unspecified atom stereocenters. The van der Waals surface area contributed by atoms with Gasteiger partial charge in [0, 0.05) is 14.0 Å². The van der Waals surface area contributed by atoms with Crippen molar-refractivity contribution >= 4 is 11.8 Å². The number of nitrogens with zero attached hydrogens (tertiary/aromatic N) is 1. The lowest BCUT2D eigenvalue weighted by molar-refractivity contribution is -0.154. The molecule has 1 atom stereocenters. The van der Waals surface area contributed by atoms with Gasteiger partial charge in [-0.3, -0.25) is 14.4 Å². The number of likely N-dealkylation sites (N-methyl/N-ethyl adjacent to an activating group) is 1. The van der Waals surface area contributed by atoms with Crippen LogP contribution in [0, 0.1) is 0 Å². The second-order valence-electron chi connectivity index (χ2n) is 2.38. The molecule has 0 saturated carbocycles. The summed E-state index contributed by atoms with van der Waals surface area (Å²) in [7, 11) is 1.52. The molecule has 1 heterocycles. The lowest BCUT2D eigenvalue weighted by Gasteiger charge is -2.06. The SMILES string of the molecule is CC(=O)NC1CON(C)C1=O. The minimum atomic E-state index is -0.502. The molecule has 0 radical (unpaired) electrons. The van der Waals surface area contributed by atoms with Crippen molar-refractivity contribution in [2.24, 2.45) is 0 Å². The highest BCUT2D eigenvalue weighted by Gasteiger charge is 2.30. The predicted octanol–water partition coefficient (Wildman–Crippen LogP) is -1.11. The fraction of sp³-hybridized carbons (Fsp3) is 0.667. The fourth-order valence-corrected chi connectivity index (χ4v) is 0.889. The molecular formula is C6H10N2O3. The molecule has 0 aromatic carbocycles. The van der Waals surface area contributed by atoms with Gasteiger partial charge < -0.3 is 5.32 Å². The van der Waals surface area contributed by atoms with Gasteiger partial charge in [-0.2, -0.15) is 0 Å². The van der Waals surface area contributed by atoms with Crippen molar-refractivity contribution < 1.29 is 14.4 Å². The number of hydrogen-bond donors (Lipinski definition) is 1. The average Bonchev–Trinajstić information content (AvgIpc) is 2.18. The van der Waals surface area contributed by atoms with Gasteiger partial charge in [0.05, 0.1) is 0 Å². The molecule has 1 saturated heterocycles. The molecular weight excluding hydrogens is 148 g/mol. The molecule has 0 aliphatic carbocycles. The number of amides is 2. The van der Waals surface area contributed by atoms with Crippen LogP contribution in [0.2, 0.25) is 0 Å². The molecule has 11 heavy (non-hydrogen) atoms. The number of carbonyl (C=O) groups is 2. The van der Waals surface area contributed by atoms with E-state index in [1.807, 2.05) is 0 Å². The third kappa shape index (κ3) is 1.68. The van der Waals surface area contributed by atoms with E-state index in [-0.39, 0.29) is 18.4 Å². The molecule has 5 heteroatoms. The standard InChI is InChI=1S/C6H10N2O3/c1-4(9)7-5-3-11-8(2)6(5)10/h5H,3H2,1-2H3,(H,7,9). The lowest BCUT2D eigenvalue weighted by atomic mass is 10.3. The van der Waals surface area contributed by atoms with E-state index >= 15 is 0 Å². The van der Waals surface area contributed by atoms with E-state index in [0.717, 1.165) is 5.06 Å². The predicted molar refractivity (Wildman–Crippen MR) is 36.3 cm³/mol. The van der Waals surface area contributed by atoms with Crippen LogP contribution in [0.15, 0.2) is 0 Å². The maximum Gasteiger partial charge on any atom is 0.270 e. The van der Waals surface area contributed by atoms with Crippen molar-refractivity contribution in [3.63, 3.8) is 0 Å². The monoisotopic (exact) mass is 158 g/mol. The summed E-state index contributed by atoms with van der Waals surface area (Å²) in [5.41, 5.74) is 0. The molecule has 1 aliphatic heterocycles. The molecule has 5 nitrogen and oxygen atoms in total. The maximum atomic E-state index is 11.0. The molecule has 1 rings (SSSR count). The van der Waals surface area contributed by atoms with Crippen LogP contribution in [0.1, 0.15) is 6.92 Å². The Labute approximate surface area is 64.3 Å². The van der Waals surface area contributed by atoms with Crippen LogP contribution >= 0.6 is 0 Å². The van der Waals surface area contributed by atoms with Crippen LogP contribution in [-0.2, 0) is 14.4 Å². The van der Waals surface area contributed by atoms with Crippen molar-refractivity contribution in [3.05, 3.63) is 0 Å². The van der Waals surface area contributed by atoms with Gasteiger partial charge in [-0.05, 0) is 0 Å². The summed E-state index contributed by atoms with van der Waals surface area (Å²) in [6.45, 7) is 1.60. The molecule has 0 bridgehead atoms. The summed E-state index contributed by atoms with van der Waals surface area (Å²) in [5.74, 6) is -0.428. The second-order valence-corrected chi connectivity index (χ2v) is 2.38. The third-order valence-corrected chi connectivity index (χ3v) is 1.42. The van der Waals surface area contributed by atoms with E-state index < -0.39 is 6.04 Å². The number of hydroxylamine groups is 2. The largest absolute Gasteiger partial charge is 0.342 e. The summed E-state index contributed by atoms with van der Waals surface area (Å²) in [4.78, 5) is 26.4. The Morgan fingerprint density at radius 3 is 2.82 bits per heavy atom. The van der Waals surface area contributed by atoms with Gasteiger partial charge in [-0.15, -0.1) is 0 Å². The molecule has 0 aromatic rings. The van der Waals surface area contributed by atoms with Gasteiger partial charge in [-0.25, -0.2) is 5.06 Å². The molecule has 1 fully saturated rings. The van der Waals surface area contributed by atoms with Crippen molar-refractivity contribution in [2.45, 2.75) is 13.0 Å². The van der Waals surface area contributed by atoms with Crippen LogP contribution in [0.4, 0.5) is 0 Å². The minimum absolute atomic E-state index is 0.208. The molecule has 1 aliphatic rings. The van der Waals surface area contributed by atoms with Gasteiger partial charge in [0.2, 0.25) is 5.91 Å². The Kier molecular flexibility index (Phi) is 2.09. The van der Waals surface area contributed by atoms with Crippen molar-refractivity contribution in [1.82, 2.24) is 10.4 Å². The quantitative estimate of drug-likeness (QED) is 0.526. The summed E-state index contributed by atoms with van der Waals surface area (Å²) < 4.78 is 0. The van der Waals surface area contributed by atoms with Gasteiger partial charge >= 0.3 is 0 Å². The number of rotatable bonds is 1. The molecule has 62 valence electrons. The van der Waals surface area contributed by atoms with Crippen LogP contribution in [-0.4, -0.2) is 36.6 Å². The highest BCUT2D eigenvalue weighted by molar-refractivity contribution is 5.87. The number of hydrogen-bond acceptors (Lipinski definition) is 3. The summed E-state index contributed by atoms with van der Waals surface area (Å²) in [6, 6.07) is -0.502. The molecule has 0 spiro atoms. The second kappa shape index (κ2) is 2.87. The first-order valence-electron chi connectivity index (χ1n) is 3.29. The van der Waals surface area contributed by atoms with E-state index in [2.05, 4.69) is 5.32 Å². The first-order valence-corrected chi connectivity index (χ1v) is 3.29. The normalized spacial score (nSPS) is 24.0. The Morgan fingerprint density at radius 1 is 1.82 bits per heavy atom. The minimum Gasteiger partial charge on any atom is -0.342 e. The van der Waals surface area contributed by atoms with Crippen molar-refractivity contribution in [1.29, 1.82) is 0 Å². The molecule has 2 amide bonds. The lowest BCUT2D eigenvalue weighted by Crippen LogP contribution is -2.40. The summed E-state index contributed by atoms with van der Waals surface area (Å²) >= 11 is 0. The number of nitrogens with one attached hydrogen (secondary N) is 1. The summed E-state index contributed by atoms with van der Waals surface area (Å²) in [5, 5.41) is 3.59. The van der Waals surface area contributed by atoms with Crippen molar-refractivity contribution in [3.8, 4) is 0 Å². The Balaban J connectivity index is 2.49. The molecule has 1 N–H and O–H groups in total. The zero-order valence-corrected chi connectivity index (χ0v) is 6.46. The highest BCUT2D eigenvalue weighted by atomic mass is 16.7. The zero-order valence-electron chi connectivity index (χ0n) is 6.46. The van der Waals surface area contributed by atoms with E-state index in [4.69, 9.17) is 4.84 Å². The van der Waals surface area contributed by atoms with Crippen molar-refractivity contribution in [2.75, 3.05) is 13.7 Å². The smallest absolute Gasteiger partial charge is 0.270 e. The topological polar surface area (TPSA) is 58.6 Å². The van der Waals surface area contributed by atoms with E-state index in [0.29, 0.717) is 0 Å². The summed E-state index contributed by atoms with van der Waals surface area (Å²) in [6.07, 6.45) is 0. The first-order chi connectivity index (χ1) is 5.11. The molecule has 0 aromatic heterocycles. The van der Waals surface area contributed by atoms with Crippen LogP contribution in [0.25, 0.3) is 0 Å². The van der Waals surface area contributed by atoms with Gasteiger partial charge in [0.15, 0.2) is 0 Å². The first kappa shape index (κ1) is 8.00. The maximum absolute atomic E-state index is 11.0. The van der Waals surface area contributed by atoms with Gasteiger partial charge in [-0.1, -0.05) is 0 Å². The average molecular weight is 158 g/mol. The third-order valence-electron chi connectivity index (χ3n) is 1.42. The van der Waals surface area contributed by atoms with Gasteiger partial charge in [0.1, 0.15) is 12.6 Å². The fourth-order valence-electron chi connectivity index (χ4n) is 0.889. The van der Waals surface area contributed by atoms with Crippen LogP contribution in [0.5, 0.6) is 0 Å². The highest BCUT2D eigenvalue weighted by Crippen LogP contribution is 2.03. The van der Waals surface area contributed by atoms with Crippen LogP contribution < -0.4 is 5.32 Å². The Hall–Kier alpha value is -1.10. The zero-order chi connectivity index (χ0) is 8.43. The van der Waals surface area contributed by atoms with Gasteiger partial charge in [0.25, 0.3) is 5.91 Å². The Morgan fingerprint density at radius 2 is 2.45 bits per heavy atom. The van der Waals surface area contributed by atoms with Crippen LogP contribution in [0.3, 0.4) is 0 Å². The van der Waals surface area contributed by atoms with E-state index in [1.54, 1.807) is 0 Å². The number of carbonyl (C=O) groups excluding carboxylic acids is 2. The Bertz CT molecular complexity index is 192. The van der Waals surface area contributed by atoms with E-state index in [9.17, 15) is 9.59 Å².